The third kappa shape index (κ3) is 3.45. The van der Waals surface area contributed by atoms with Gasteiger partial charge in [0.05, 0.1) is 0 Å². The largest absolute Gasteiger partial charge is 0.399 e. The Labute approximate surface area is 199 Å². The van der Waals surface area contributed by atoms with Crippen molar-refractivity contribution in [2.45, 2.75) is 13.8 Å². The van der Waals surface area contributed by atoms with Crippen molar-refractivity contribution in [3.05, 3.63) is 114 Å². The molecule has 0 fully saturated rings. The molecule has 6 aromatic rings. The van der Waals surface area contributed by atoms with Crippen LogP contribution in [0.1, 0.15) is 11.1 Å². The van der Waals surface area contributed by atoms with Gasteiger partial charge in [0.2, 0.25) is 0 Å². The summed E-state index contributed by atoms with van der Waals surface area (Å²) in [4.78, 5) is 0. The van der Waals surface area contributed by atoms with Gasteiger partial charge in [-0.25, -0.2) is 0 Å². The lowest BCUT2D eigenvalue weighted by Crippen LogP contribution is -1.95. The zero-order chi connectivity index (χ0) is 23.2. The predicted octanol–water partition coefficient (Wildman–Crippen LogP) is 8.76. The van der Waals surface area contributed by atoms with Crippen LogP contribution in [0.4, 0.5) is 17.1 Å². The molecule has 0 heterocycles. The van der Waals surface area contributed by atoms with Crippen LogP contribution in [0.3, 0.4) is 0 Å². The number of nitrogens with one attached hydrogen (secondary N) is 1. The molecule has 0 saturated heterocycles. The van der Waals surface area contributed by atoms with Crippen LogP contribution in [0.15, 0.2) is 103 Å². The molecule has 0 amide bonds. The molecule has 0 unspecified atom stereocenters. The lowest BCUT2D eigenvalue weighted by Gasteiger charge is -2.15. The highest BCUT2D eigenvalue weighted by Gasteiger charge is 2.10. The van der Waals surface area contributed by atoms with Crippen LogP contribution in [0.25, 0.3) is 43.4 Å². The third-order valence-electron chi connectivity index (χ3n) is 6.77. The molecule has 0 aliphatic rings. The Morgan fingerprint density at radius 2 is 1.24 bits per heavy atom. The van der Waals surface area contributed by atoms with Gasteiger partial charge in [-0.15, -0.1) is 0 Å². The molecule has 0 atom stereocenters. The molecular formula is C32H26N2. The molecule has 34 heavy (non-hydrogen) atoms. The Kier molecular flexibility index (Phi) is 4.74. The monoisotopic (exact) mass is 438 g/mol. The fourth-order valence-electron chi connectivity index (χ4n) is 5.09. The van der Waals surface area contributed by atoms with E-state index in [1.807, 2.05) is 12.1 Å². The van der Waals surface area contributed by atoms with Crippen molar-refractivity contribution >= 4 is 49.4 Å². The Morgan fingerprint density at radius 1 is 0.559 bits per heavy atom. The zero-order valence-electron chi connectivity index (χ0n) is 19.4. The number of anilines is 3. The van der Waals surface area contributed by atoms with Gasteiger partial charge in [-0.1, -0.05) is 60.7 Å². The number of nitrogens with two attached hydrogens (primary N) is 1. The van der Waals surface area contributed by atoms with Gasteiger partial charge >= 0.3 is 0 Å². The molecule has 0 aromatic heterocycles. The maximum absolute atomic E-state index is 5.96. The van der Waals surface area contributed by atoms with Crippen LogP contribution in [-0.4, -0.2) is 0 Å². The number of hydrogen-bond donors (Lipinski definition) is 2. The first-order valence-electron chi connectivity index (χ1n) is 11.7. The number of rotatable bonds is 3. The zero-order valence-corrected chi connectivity index (χ0v) is 19.4. The van der Waals surface area contributed by atoms with Gasteiger partial charge in [-0.3, -0.25) is 0 Å². The average Bonchev–Trinajstić information content (AvgIpc) is 2.83. The molecule has 3 N–H and O–H groups in total. The van der Waals surface area contributed by atoms with E-state index in [1.165, 1.54) is 54.6 Å². The van der Waals surface area contributed by atoms with Crippen molar-refractivity contribution in [2.24, 2.45) is 0 Å². The summed E-state index contributed by atoms with van der Waals surface area (Å²) in [5.41, 5.74) is 13.8. The highest BCUT2D eigenvalue weighted by atomic mass is 14.9. The van der Waals surface area contributed by atoms with E-state index >= 15 is 0 Å². The fraction of sp³-hybridized carbons (Fsp3) is 0.0625. The second kappa shape index (κ2) is 7.93. The molecule has 0 spiro atoms. The van der Waals surface area contributed by atoms with Crippen molar-refractivity contribution < 1.29 is 0 Å². The molecule has 2 heteroatoms. The van der Waals surface area contributed by atoms with Crippen molar-refractivity contribution in [3.63, 3.8) is 0 Å². The van der Waals surface area contributed by atoms with E-state index in [9.17, 15) is 0 Å². The fourth-order valence-corrected chi connectivity index (χ4v) is 5.09. The highest BCUT2D eigenvalue weighted by molar-refractivity contribution is 6.17. The lowest BCUT2D eigenvalue weighted by molar-refractivity contribution is 1.40. The average molecular weight is 439 g/mol. The topological polar surface area (TPSA) is 38.0 Å². The van der Waals surface area contributed by atoms with Gasteiger partial charge in [0.25, 0.3) is 0 Å². The Balaban J connectivity index is 1.46. The van der Waals surface area contributed by atoms with Crippen molar-refractivity contribution in [1.29, 1.82) is 0 Å². The minimum Gasteiger partial charge on any atom is -0.399 e. The number of nitrogen functional groups attached to an aromatic ring is 1. The first-order chi connectivity index (χ1) is 16.6. The molecule has 164 valence electrons. The van der Waals surface area contributed by atoms with E-state index in [1.54, 1.807) is 0 Å². The van der Waals surface area contributed by atoms with E-state index in [4.69, 9.17) is 5.73 Å². The molecule has 0 aliphatic carbocycles. The standard InChI is InChI=1S/C32H26N2/c1-20-16-26(33)12-14-28(20)29-15-13-27(17-21(29)2)34-31-9-5-8-22-10-11-25-18-23-6-3-4-7-24(23)19-30(25)32(22)31/h3-19,34H,33H2,1-2H3. The van der Waals surface area contributed by atoms with Crippen molar-refractivity contribution in [3.8, 4) is 11.1 Å². The highest BCUT2D eigenvalue weighted by Crippen LogP contribution is 2.36. The number of fused-ring (bicyclic) bond motifs is 4. The first-order valence-corrected chi connectivity index (χ1v) is 11.7. The van der Waals surface area contributed by atoms with E-state index in [2.05, 4.69) is 110 Å². The lowest BCUT2D eigenvalue weighted by atomic mass is 9.95. The first kappa shape index (κ1) is 20.3. The molecule has 6 rings (SSSR count). The van der Waals surface area contributed by atoms with Gasteiger partial charge in [0, 0.05) is 22.4 Å². The smallest absolute Gasteiger partial charge is 0.0470 e. The summed E-state index contributed by atoms with van der Waals surface area (Å²) in [5.74, 6) is 0. The SMILES string of the molecule is Cc1cc(N)ccc1-c1ccc(Nc2cccc3ccc4cc5ccccc5cc4c23)cc1C. The number of hydrogen-bond acceptors (Lipinski definition) is 2. The molecule has 0 bridgehead atoms. The summed E-state index contributed by atoms with van der Waals surface area (Å²) in [5, 5.41) is 11.2. The van der Waals surface area contributed by atoms with Crippen LogP contribution < -0.4 is 11.1 Å². The van der Waals surface area contributed by atoms with E-state index < -0.39 is 0 Å². The summed E-state index contributed by atoms with van der Waals surface area (Å²) in [6.07, 6.45) is 0. The maximum atomic E-state index is 5.96. The van der Waals surface area contributed by atoms with Crippen LogP contribution in [0.2, 0.25) is 0 Å². The van der Waals surface area contributed by atoms with Gasteiger partial charge in [-0.2, -0.15) is 0 Å². The van der Waals surface area contributed by atoms with E-state index in [0.29, 0.717) is 0 Å². The van der Waals surface area contributed by atoms with E-state index in [-0.39, 0.29) is 0 Å². The second-order valence-corrected chi connectivity index (χ2v) is 9.12. The van der Waals surface area contributed by atoms with Crippen LogP contribution in [0.5, 0.6) is 0 Å². The molecule has 0 aliphatic heterocycles. The number of aryl methyl sites for hydroxylation is 2. The van der Waals surface area contributed by atoms with Crippen LogP contribution >= 0.6 is 0 Å². The third-order valence-corrected chi connectivity index (χ3v) is 6.77. The van der Waals surface area contributed by atoms with Crippen molar-refractivity contribution in [1.82, 2.24) is 0 Å². The minimum absolute atomic E-state index is 0.799. The summed E-state index contributed by atoms with van der Waals surface area (Å²) in [6, 6.07) is 36.8. The Bertz CT molecular complexity index is 1710. The van der Waals surface area contributed by atoms with Gasteiger partial charge in [-0.05, 0) is 105 Å². The number of benzene rings is 6. The summed E-state index contributed by atoms with van der Waals surface area (Å²) < 4.78 is 0. The van der Waals surface area contributed by atoms with Gasteiger partial charge in [0.1, 0.15) is 0 Å². The predicted molar refractivity (Wildman–Crippen MR) is 148 cm³/mol. The molecule has 0 radical (unpaired) electrons. The quantitative estimate of drug-likeness (QED) is 0.165. The molecule has 6 aromatic carbocycles. The van der Waals surface area contributed by atoms with Crippen LogP contribution in [-0.2, 0) is 0 Å². The van der Waals surface area contributed by atoms with Gasteiger partial charge < -0.3 is 11.1 Å². The normalized spacial score (nSPS) is 11.4. The summed E-state index contributed by atoms with van der Waals surface area (Å²) >= 11 is 0. The van der Waals surface area contributed by atoms with Gasteiger partial charge in [0.15, 0.2) is 0 Å². The second-order valence-electron chi connectivity index (χ2n) is 9.12. The van der Waals surface area contributed by atoms with E-state index in [0.717, 1.165) is 17.1 Å². The molecular weight excluding hydrogens is 412 g/mol. The van der Waals surface area contributed by atoms with Crippen molar-refractivity contribution in [2.75, 3.05) is 11.1 Å². The molecule has 0 saturated carbocycles. The van der Waals surface area contributed by atoms with Crippen LogP contribution in [0, 0.1) is 13.8 Å². The summed E-state index contributed by atoms with van der Waals surface area (Å²) in [7, 11) is 0. The maximum Gasteiger partial charge on any atom is 0.0470 e. The molecule has 2 nitrogen and oxygen atoms in total. The minimum atomic E-state index is 0.799. The summed E-state index contributed by atoms with van der Waals surface area (Å²) in [6.45, 7) is 4.28. The Morgan fingerprint density at radius 3 is 2.00 bits per heavy atom. The Hall–Kier alpha value is -4.30.